The van der Waals surface area contributed by atoms with E-state index in [1.54, 1.807) is 0 Å². The van der Waals surface area contributed by atoms with Crippen LogP contribution in [0.2, 0.25) is 10.0 Å². The summed E-state index contributed by atoms with van der Waals surface area (Å²) in [5.74, 6) is -2.53. The monoisotopic (exact) mass is 560 g/mol. The minimum atomic E-state index is -4.76. The summed E-state index contributed by atoms with van der Waals surface area (Å²) in [6.07, 6.45) is -8.19. The highest BCUT2D eigenvalue weighted by Crippen LogP contribution is 2.39. The van der Waals surface area contributed by atoms with Crippen LogP contribution in [0.15, 0.2) is 24.4 Å². The fourth-order valence-corrected chi connectivity index (χ4v) is 3.51. The van der Waals surface area contributed by atoms with Gasteiger partial charge in [0.1, 0.15) is 24.6 Å². The highest BCUT2D eigenvalue weighted by molar-refractivity contribution is 6.36. The van der Waals surface area contributed by atoms with Crippen LogP contribution in [0.1, 0.15) is 32.0 Å². The third kappa shape index (κ3) is 8.33. The van der Waals surface area contributed by atoms with E-state index in [4.69, 9.17) is 27.9 Å². The molecule has 0 radical (unpaired) electrons. The van der Waals surface area contributed by atoms with Gasteiger partial charge in [0.2, 0.25) is 5.91 Å². The Morgan fingerprint density at radius 2 is 1.86 bits per heavy atom. The molecular weight excluding hydrogens is 541 g/mol. The molecule has 198 valence electrons. The van der Waals surface area contributed by atoms with Crippen LogP contribution in [0.5, 0.6) is 5.75 Å². The number of nitrogens with zero attached hydrogens (tertiary/aromatic N) is 2. The lowest BCUT2D eigenvalue weighted by atomic mass is 10.0. The Balaban J connectivity index is 2.22. The molecule has 1 heterocycles. The van der Waals surface area contributed by atoms with Crippen LogP contribution >= 0.6 is 23.2 Å². The lowest BCUT2D eigenvalue weighted by Crippen LogP contribution is -2.51. The highest BCUT2D eigenvalue weighted by Gasteiger charge is 2.32. The number of hydrogen-bond donors (Lipinski definition) is 2. The van der Waals surface area contributed by atoms with Crippen molar-refractivity contribution in [3.63, 3.8) is 0 Å². The van der Waals surface area contributed by atoms with Crippen LogP contribution < -0.4 is 15.5 Å². The van der Waals surface area contributed by atoms with Crippen LogP contribution in [0, 0.1) is 5.82 Å². The van der Waals surface area contributed by atoms with Crippen molar-refractivity contribution in [3.8, 4) is 16.9 Å². The number of pyridine rings is 1. The summed E-state index contributed by atoms with van der Waals surface area (Å²) in [7, 11) is 0. The molecule has 1 aromatic carbocycles. The summed E-state index contributed by atoms with van der Waals surface area (Å²) in [5.41, 5.74) is 1.73. The van der Waals surface area contributed by atoms with Gasteiger partial charge in [-0.2, -0.15) is 13.2 Å². The van der Waals surface area contributed by atoms with Crippen molar-refractivity contribution >= 4 is 35.1 Å². The minimum absolute atomic E-state index is 0.0815. The molecule has 1 unspecified atom stereocenters. The first-order chi connectivity index (χ1) is 16.7. The van der Waals surface area contributed by atoms with E-state index in [-0.39, 0.29) is 39.2 Å². The van der Waals surface area contributed by atoms with E-state index in [0.717, 1.165) is 6.07 Å². The molecule has 0 bridgehead atoms. The van der Waals surface area contributed by atoms with Crippen LogP contribution in [0.4, 0.5) is 31.1 Å². The summed E-state index contributed by atoms with van der Waals surface area (Å²) in [5, 5.41) is 2.95. The Morgan fingerprint density at radius 3 is 2.42 bits per heavy atom. The van der Waals surface area contributed by atoms with Gasteiger partial charge >= 0.3 is 12.2 Å². The van der Waals surface area contributed by atoms with Gasteiger partial charge in [0.15, 0.2) is 0 Å². The van der Waals surface area contributed by atoms with Gasteiger partial charge in [-0.3, -0.25) is 15.2 Å². The molecule has 0 spiro atoms. The third-order valence-corrected chi connectivity index (χ3v) is 4.97. The number of carbonyl (C=O) groups excluding carboxylic acids is 2. The number of halogens is 8. The average molecular weight is 561 g/mol. The van der Waals surface area contributed by atoms with Gasteiger partial charge in [-0.1, -0.05) is 23.2 Å². The Kier molecular flexibility index (Phi) is 10.1. The zero-order chi connectivity index (χ0) is 27.2. The molecule has 3 amide bonds. The Bertz CT molecular complexity index is 1100. The summed E-state index contributed by atoms with van der Waals surface area (Å²) in [4.78, 5) is 27.8. The van der Waals surface area contributed by atoms with Crippen LogP contribution in [0.3, 0.4) is 0 Å². The SMILES string of the molecule is CCN(NC(=O)CC(F)(F)F)C(=O)NC(C)c1ncc(-c2cc(Cl)cc(Cl)c2OCC(F)F)cc1F. The van der Waals surface area contributed by atoms with Gasteiger partial charge in [0.05, 0.1) is 16.8 Å². The van der Waals surface area contributed by atoms with Gasteiger partial charge in [0, 0.05) is 28.9 Å². The second kappa shape index (κ2) is 12.3. The van der Waals surface area contributed by atoms with Crippen molar-refractivity contribution in [2.24, 2.45) is 0 Å². The number of benzene rings is 1. The fraction of sp³-hybridized carbons (Fsp3) is 0.381. The van der Waals surface area contributed by atoms with E-state index in [1.807, 2.05) is 5.43 Å². The van der Waals surface area contributed by atoms with Crippen molar-refractivity contribution in [3.05, 3.63) is 46.0 Å². The van der Waals surface area contributed by atoms with Crippen molar-refractivity contribution < 1.29 is 40.7 Å². The maximum Gasteiger partial charge on any atom is 0.397 e. The zero-order valence-electron chi connectivity index (χ0n) is 18.7. The molecule has 15 heteroatoms. The van der Waals surface area contributed by atoms with E-state index in [2.05, 4.69) is 10.3 Å². The summed E-state index contributed by atoms with van der Waals surface area (Å²) >= 11 is 12.0. The number of aromatic nitrogens is 1. The number of urea groups is 1. The smallest absolute Gasteiger partial charge is 0.397 e. The fourth-order valence-electron chi connectivity index (χ4n) is 2.96. The van der Waals surface area contributed by atoms with Crippen molar-refractivity contribution in [1.82, 2.24) is 20.7 Å². The molecule has 0 saturated heterocycles. The van der Waals surface area contributed by atoms with Gasteiger partial charge in [0.25, 0.3) is 6.43 Å². The molecule has 0 aliphatic rings. The van der Waals surface area contributed by atoms with E-state index in [9.17, 15) is 35.9 Å². The highest BCUT2D eigenvalue weighted by atomic mass is 35.5. The third-order valence-electron chi connectivity index (χ3n) is 4.47. The first-order valence-electron chi connectivity index (χ1n) is 10.2. The predicted octanol–water partition coefficient (Wildman–Crippen LogP) is 5.91. The van der Waals surface area contributed by atoms with Crippen LogP contribution in [0.25, 0.3) is 11.1 Å². The second-order valence-corrected chi connectivity index (χ2v) is 8.14. The van der Waals surface area contributed by atoms with Gasteiger partial charge in [-0.15, -0.1) is 0 Å². The standard InChI is InChI=1S/C21H20Cl2F6N4O3/c1-3-33(32-17(34)7-21(27,28)29)20(35)31-10(2)18-15(24)4-11(8-30-18)13-5-12(22)6-14(23)19(13)36-9-16(25)26/h4-6,8,10,16H,3,7,9H2,1-2H3,(H,31,35)(H,32,34). The number of ether oxygens (including phenoxy) is 1. The lowest BCUT2D eigenvalue weighted by Gasteiger charge is -2.24. The number of amides is 3. The Labute approximate surface area is 211 Å². The number of hydrazine groups is 1. The molecule has 2 aromatic rings. The maximum atomic E-state index is 14.9. The molecule has 2 rings (SSSR count). The van der Waals surface area contributed by atoms with E-state index < -0.39 is 49.4 Å². The Hall–Kier alpha value is -2.93. The summed E-state index contributed by atoms with van der Waals surface area (Å²) in [6, 6.07) is 1.48. The molecule has 0 aliphatic heterocycles. The maximum absolute atomic E-state index is 14.9. The van der Waals surface area contributed by atoms with Gasteiger partial charge in [-0.25, -0.2) is 23.0 Å². The zero-order valence-corrected chi connectivity index (χ0v) is 20.2. The summed E-state index contributed by atoms with van der Waals surface area (Å²) in [6.45, 7) is 1.59. The second-order valence-electron chi connectivity index (χ2n) is 7.30. The van der Waals surface area contributed by atoms with Crippen LogP contribution in [-0.2, 0) is 4.79 Å². The molecular formula is C21H20Cl2F6N4O3. The van der Waals surface area contributed by atoms with Crippen LogP contribution in [-0.4, -0.2) is 47.7 Å². The molecule has 36 heavy (non-hydrogen) atoms. The van der Waals surface area contributed by atoms with Gasteiger partial charge in [-0.05, 0) is 32.0 Å². The number of alkyl halides is 5. The molecule has 2 N–H and O–H groups in total. The van der Waals surface area contributed by atoms with Crippen molar-refractivity contribution in [1.29, 1.82) is 0 Å². The topological polar surface area (TPSA) is 83.6 Å². The normalized spacial score (nSPS) is 12.3. The first-order valence-corrected chi connectivity index (χ1v) is 11.0. The largest absolute Gasteiger partial charge is 0.485 e. The number of carbonyl (C=O) groups is 2. The molecule has 1 atom stereocenters. The number of rotatable bonds is 8. The predicted molar refractivity (Wildman–Crippen MR) is 119 cm³/mol. The van der Waals surface area contributed by atoms with Crippen molar-refractivity contribution in [2.45, 2.75) is 38.9 Å². The summed E-state index contributed by atoms with van der Waals surface area (Å²) < 4.78 is 82.3. The number of nitrogens with one attached hydrogen (secondary N) is 2. The average Bonchev–Trinajstić information content (AvgIpc) is 2.74. The molecule has 0 saturated carbocycles. The van der Waals surface area contributed by atoms with E-state index >= 15 is 0 Å². The first kappa shape index (κ1) is 29.3. The minimum Gasteiger partial charge on any atom is -0.485 e. The quantitative estimate of drug-likeness (QED) is 0.310. The Morgan fingerprint density at radius 1 is 1.19 bits per heavy atom. The molecule has 7 nitrogen and oxygen atoms in total. The van der Waals surface area contributed by atoms with Gasteiger partial charge < -0.3 is 10.1 Å². The number of hydrogen-bond acceptors (Lipinski definition) is 4. The molecule has 0 fully saturated rings. The molecule has 0 aliphatic carbocycles. The molecule has 1 aromatic heterocycles. The van der Waals surface area contributed by atoms with E-state index in [1.165, 1.54) is 32.2 Å². The van der Waals surface area contributed by atoms with Crippen molar-refractivity contribution in [2.75, 3.05) is 13.2 Å². The van der Waals surface area contributed by atoms with E-state index in [0.29, 0.717) is 5.01 Å². The lowest BCUT2D eigenvalue weighted by molar-refractivity contribution is -0.156.